The summed E-state index contributed by atoms with van der Waals surface area (Å²) in [5.41, 5.74) is 1.93. The molecule has 0 spiro atoms. The lowest BCUT2D eigenvalue weighted by molar-refractivity contribution is -0.112. The molecule has 5 nitrogen and oxygen atoms in total. The number of carbonyl (C=O) groups is 1. The molecule has 0 bridgehead atoms. The summed E-state index contributed by atoms with van der Waals surface area (Å²) in [6.07, 6.45) is 1.50. The Balaban J connectivity index is 2.36. The van der Waals surface area contributed by atoms with Gasteiger partial charge in [0.1, 0.15) is 11.6 Å². The standard InChI is InChI=1S/C19H17ClN2O3/c1-12-8-17(24-2)18(25-3)10-13(12)9-14(11-21)19(23)22-16-7-5-4-6-15(16)20/h4-10H,1-3H3,(H,22,23)/b14-9-. The van der Waals surface area contributed by atoms with E-state index in [4.69, 9.17) is 21.1 Å². The van der Waals surface area contributed by atoms with E-state index < -0.39 is 5.91 Å². The van der Waals surface area contributed by atoms with Crippen molar-refractivity contribution in [1.29, 1.82) is 5.26 Å². The van der Waals surface area contributed by atoms with Crippen LogP contribution in [0.5, 0.6) is 11.5 Å². The molecule has 0 aromatic heterocycles. The molecule has 0 unspecified atom stereocenters. The number of hydrogen-bond donors (Lipinski definition) is 1. The number of ether oxygens (including phenoxy) is 2. The number of nitriles is 1. The van der Waals surface area contributed by atoms with E-state index in [1.54, 1.807) is 43.5 Å². The average molecular weight is 357 g/mol. The van der Waals surface area contributed by atoms with Gasteiger partial charge in [-0.3, -0.25) is 4.79 Å². The number of nitrogens with zero attached hydrogens (tertiary/aromatic N) is 1. The summed E-state index contributed by atoms with van der Waals surface area (Å²) in [5, 5.41) is 12.4. The van der Waals surface area contributed by atoms with E-state index in [2.05, 4.69) is 5.32 Å². The van der Waals surface area contributed by atoms with Crippen molar-refractivity contribution in [1.82, 2.24) is 0 Å². The Labute approximate surface area is 151 Å². The highest BCUT2D eigenvalue weighted by atomic mass is 35.5. The van der Waals surface area contributed by atoms with E-state index in [0.717, 1.165) is 5.56 Å². The van der Waals surface area contributed by atoms with Gasteiger partial charge in [-0.1, -0.05) is 23.7 Å². The number of benzene rings is 2. The molecular formula is C19H17ClN2O3. The molecule has 0 radical (unpaired) electrons. The molecule has 0 saturated heterocycles. The maximum Gasteiger partial charge on any atom is 0.266 e. The summed E-state index contributed by atoms with van der Waals surface area (Å²) in [6.45, 7) is 1.86. The number of halogens is 1. The number of rotatable bonds is 5. The molecule has 0 aliphatic carbocycles. The van der Waals surface area contributed by atoms with Gasteiger partial charge in [0.05, 0.1) is 24.9 Å². The first kappa shape index (κ1) is 18.4. The van der Waals surface area contributed by atoms with Crippen LogP contribution >= 0.6 is 11.6 Å². The fraction of sp³-hybridized carbons (Fsp3) is 0.158. The molecule has 6 heteroatoms. The zero-order chi connectivity index (χ0) is 18.4. The Bertz CT molecular complexity index is 869. The smallest absolute Gasteiger partial charge is 0.266 e. The molecule has 0 atom stereocenters. The Morgan fingerprint density at radius 3 is 2.44 bits per heavy atom. The van der Waals surface area contributed by atoms with Crippen LogP contribution in [0.4, 0.5) is 5.69 Å². The van der Waals surface area contributed by atoms with Crippen LogP contribution in [0.1, 0.15) is 11.1 Å². The maximum atomic E-state index is 12.4. The molecule has 2 rings (SSSR count). The van der Waals surface area contributed by atoms with Crippen molar-refractivity contribution in [2.75, 3.05) is 19.5 Å². The number of hydrogen-bond acceptors (Lipinski definition) is 4. The second kappa shape index (κ2) is 8.22. The Kier molecular flexibility index (Phi) is 6.04. The van der Waals surface area contributed by atoms with E-state index in [1.165, 1.54) is 13.2 Å². The fourth-order valence-corrected chi connectivity index (χ4v) is 2.39. The zero-order valence-corrected chi connectivity index (χ0v) is 14.8. The number of anilines is 1. The van der Waals surface area contributed by atoms with Gasteiger partial charge in [-0.05, 0) is 48.4 Å². The molecule has 128 valence electrons. The predicted octanol–water partition coefficient (Wildman–Crippen LogP) is 4.21. The normalized spacial score (nSPS) is 10.8. The third-order valence-corrected chi connectivity index (χ3v) is 3.89. The van der Waals surface area contributed by atoms with E-state index in [0.29, 0.717) is 27.8 Å². The minimum atomic E-state index is -0.537. The number of amides is 1. The largest absolute Gasteiger partial charge is 0.493 e. The Morgan fingerprint density at radius 1 is 1.20 bits per heavy atom. The molecule has 25 heavy (non-hydrogen) atoms. The molecule has 1 N–H and O–H groups in total. The van der Waals surface area contributed by atoms with Gasteiger partial charge in [-0.25, -0.2) is 0 Å². The van der Waals surface area contributed by atoms with E-state index >= 15 is 0 Å². The van der Waals surface area contributed by atoms with Crippen molar-refractivity contribution >= 4 is 29.3 Å². The molecule has 0 heterocycles. The van der Waals surface area contributed by atoms with E-state index in [1.807, 2.05) is 13.0 Å². The average Bonchev–Trinajstić information content (AvgIpc) is 2.62. The lowest BCUT2D eigenvalue weighted by atomic mass is 10.0. The quantitative estimate of drug-likeness (QED) is 0.643. The van der Waals surface area contributed by atoms with Crippen LogP contribution in [-0.2, 0) is 4.79 Å². The van der Waals surface area contributed by atoms with Crippen LogP contribution in [0.2, 0.25) is 5.02 Å². The number of methoxy groups -OCH3 is 2. The zero-order valence-electron chi connectivity index (χ0n) is 14.1. The highest BCUT2D eigenvalue weighted by Crippen LogP contribution is 2.31. The van der Waals surface area contributed by atoms with Crippen molar-refractivity contribution in [3.05, 3.63) is 58.1 Å². The first-order chi connectivity index (χ1) is 12.0. The number of carbonyl (C=O) groups excluding carboxylic acids is 1. The van der Waals surface area contributed by atoms with Crippen molar-refractivity contribution in [2.24, 2.45) is 0 Å². The number of aryl methyl sites for hydroxylation is 1. The Morgan fingerprint density at radius 2 is 1.84 bits per heavy atom. The van der Waals surface area contributed by atoms with Gasteiger partial charge in [-0.15, -0.1) is 0 Å². The molecule has 0 saturated carbocycles. The monoisotopic (exact) mass is 356 g/mol. The second-order valence-corrected chi connectivity index (χ2v) is 5.57. The van der Waals surface area contributed by atoms with Crippen LogP contribution in [0, 0.1) is 18.3 Å². The van der Waals surface area contributed by atoms with Gasteiger partial charge in [0, 0.05) is 0 Å². The van der Waals surface area contributed by atoms with Gasteiger partial charge >= 0.3 is 0 Å². The van der Waals surface area contributed by atoms with Gasteiger partial charge in [0.25, 0.3) is 5.91 Å². The lowest BCUT2D eigenvalue weighted by Crippen LogP contribution is -2.13. The van der Waals surface area contributed by atoms with Gasteiger partial charge in [-0.2, -0.15) is 5.26 Å². The first-order valence-electron chi connectivity index (χ1n) is 7.40. The number of nitrogens with one attached hydrogen (secondary N) is 1. The summed E-state index contributed by atoms with van der Waals surface area (Å²) < 4.78 is 10.5. The fourth-order valence-electron chi connectivity index (χ4n) is 2.21. The van der Waals surface area contributed by atoms with Gasteiger partial charge in [0.2, 0.25) is 0 Å². The second-order valence-electron chi connectivity index (χ2n) is 5.17. The van der Waals surface area contributed by atoms with Crippen LogP contribution < -0.4 is 14.8 Å². The van der Waals surface area contributed by atoms with E-state index in [9.17, 15) is 10.1 Å². The molecule has 2 aromatic rings. The molecule has 0 aliphatic heterocycles. The maximum absolute atomic E-state index is 12.4. The summed E-state index contributed by atoms with van der Waals surface area (Å²) in [7, 11) is 3.07. The minimum Gasteiger partial charge on any atom is -0.493 e. The summed E-state index contributed by atoms with van der Waals surface area (Å²) in [5.74, 6) is 0.559. The van der Waals surface area contributed by atoms with E-state index in [-0.39, 0.29) is 5.57 Å². The Hall–Kier alpha value is -2.97. The summed E-state index contributed by atoms with van der Waals surface area (Å²) >= 11 is 6.03. The molecule has 1 amide bonds. The highest BCUT2D eigenvalue weighted by molar-refractivity contribution is 6.34. The molecule has 0 aliphatic rings. The summed E-state index contributed by atoms with van der Waals surface area (Å²) in [6, 6.07) is 12.2. The molecular weight excluding hydrogens is 340 g/mol. The van der Waals surface area contributed by atoms with Crippen LogP contribution in [0.15, 0.2) is 42.0 Å². The van der Waals surface area contributed by atoms with Gasteiger partial charge in [0.15, 0.2) is 11.5 Å². The topological polar surface area (TPSA) is 71.3 Å². The van der Waals surface area contributed by atoms with Crippen molar-refractivity contribution in [3.63, 3.8) is 0 Å². The van der Waals surface area contributed by atoms with Crippen molar-refractivity contribution < 1.29 is 14.3 Å². The lowest BCUT2D eigenvalue weighted by Gasteiger charge is -2.11. The molecule has 2 aromatic carbocycles. The third-order valence-electron chi connectivity index (χ3n) is 3.56. The van der Waals surface area contributed by atoms with Crippen molar-refractivity contribution in [2.45, 2.75) is 6.92 Å². The summed E-state index contributed by atoms with van der Waals surface area (Å²) in [4.78, 5) is 12.4. The van der Waals surface area contributed by atoms with Crippen LogP contribution in [0.25, 0.3) is 6.08 Å². The predicted molar refractivity (Wildman–Crippen MR) is 98.0 cm³/mol. The minimum absolute atomic E-state index is 0.0461. The van der Waals surface area contributed by atoms with Crippen LogP contribution in [0.3, 0.4) is 0 Å². The molecule has 0 fully saturated rings. The van der Waals surface area contributed by atoms with Crippen molar-refractivity contribution in [3.8, 4) is 17.6 Å². The first-order valence-corrected chi connectivity index (χ1v) is 7.78. The van der Waals surface area contributed by atoms with Gasteiger partial charge < -0.3 is 14.8 Å². The third kappa shape index (κ3) is 4.31. The SMILES string of the molecule is COc1cc(C)c(/C=C(/C#N)C(=O)Nc2ccccc2Cl)cc1OC. The number of para-hydroxylation sites is 1. The van der Waals surface area contributed by atoms with Crippen LogP contribution in [-0.4, -0.2) is 20.1 Å². The highest BCUT2D eigenvalue weighted by Gasteiger charge is 2.13.